The number of aromatic nitrogens is 2. The molecular formula is C5H6N2OSSi. The van der Waals surface area contributed by atoms with Crippen LogP contribution in [0.5, 0.6) is 5.88 Å². The first-order valence-electron chi connectivity index (χ1n) is 2.75. The second-order valence-electron chi connectivity index (χ2n) is 1.66. The quantitative estimate of drug-likeness (QED) is 0.421. The van der Waals surface area contributed by atoms with Gasteiger partial charge in [0.1, 0.15) is 4.67 Å². The van der Waals surface area contributed by atoms with Gasteiger partial charge in [0.2, 0.25) is 5.88 Å². The molecule has 0 aliphatic rings. The van der Waals surface area contributed by atoms with Crippen molar-refractivity contribution in [2.45, 2.75) is 0 Å². The normalized spacial score (nSPS) is 9.20. The smallest absolute Gasteiger partial charge is 0.238 e. The molecule has 1 aromatic rings. The maximum Gasteiger partial charge on any atom is 0.238 e. The third-order valence-electron chi connectivity index (χ3n) is 0.796. The standard InChI is InChI=1S/C5H6N2OSSi/c9-5(10)8-4-2-1-3-6-7-4/h1-3H,10H3. The predicted octanol–water partition coefficient (Wildman–Crippen LogP) is -0.494. The van der Waals surface area contributed by atoms with E-state index in [2.05, 4.69) is 10.2 Å². The summed E-state index contributed by atoms with van der Waals surface area (Å²) in [7, 11) is 0.745. The van der Waals surface area contributed by atoms with Crippen molar-refractivity contribution in [3.63, 3.8) is 0 Å². The maximum atomic E-state index is 5.03. The van der Waals surface area contributed by atoms with Gasteiger partial charge in [-0.05, 0) is 6.07 Å². The molecule has 1 heterocycles. The van der Waals surface area contributed by atoms with Crippen molar-refractivity contribution >= 4 is 27.1 Å². The minimum Gasteiger partial charge on any atom is -0.437 e. The van der Waals surface area contributed by atoms with E-state index in [0.717, 1.165) is 10.2 Å². The summed E-state index contributed by atoms with van der Waals surface area (Å²) in [6.45, 7) is 0. The van der Waals surface area contributed by atoms with Crippen molar-refractivity contribution in [3.8, 4) is 5.88 Å². The molecular weight excluding hydrogens is 164 g/mol. The fourth-order valence-electron chi connectivity index (χ4n) is 0.489. The van der Waals surface area contributed by atoms with Crippen molar-refractivity contribution in [2.75, 3.05) is 0 Å². The summed E-state index contributed by atoms with van der Waals surface area (Å²) in [5.74, 6) is 0.475. The lowest BCUT2D eigenvalue weighted by molar-refractivity contribution is 0.540. The van der Waals surface area contributed by atoms with Gasteiger partial charge >= 0.3 is 0 Å². The first-order valence-corrected chi connectivity index (χ1v) is 4.16. The molecule has 52 valence electrons. The second-order valence-corrected chi connectivity index (χ2v) is 3.86. The molecule has 1 aromatic heterocycles. The molecule has 0 fully saturated rings. The zero-order valence-corrected chi connectivity index (χ0v) is 8.26. The van der Waals surface area contributed by atoms with E-state index >= 15 is 0 Å². The lowest BCUT2D eigenvalue weighted by atomic mass is 10.6. The summed E-state index contributed by atoms with van der Waals surface area (Å²) in [5, 5.41) is 7.30. The van der Waals surface area contributed by atoms with Crippen LogP contribution in [0.15, 0.2) is 18.3 Å². The van der Waals surface area contributed by atoms with Gasteiger partial charge in [0, 0.05) is 12.3 Å². The Kier molecular flexibility index (Phi) is 2.47. The van der Waals surface area contributed by atoms with Crippen LogP contribution in [0.1, 0.15) is 0 Å². The number of nitrogens with zero attached hydrogens (tertiary/aromatic N) is 2. The number of thiocarbonyl (C=S) groups is 1. The van der Waals surface area contributed by atoms with Gasteiger partial charge in [0.05, 0.1) is 10.2 Å². The zero-order chi connectivity index (χ0) is 7.40. The highest BCUT2D eigenvalue weighted by Gasteiger charge is 1.92. The van der Waals surface area contributed by atoms with E-state index in [9.17, 15) is 0 Å². The van der Waals surface area contributed by atoms with Crippen LogP contribution in [0.25, 0.3) is 0 Å². The van der Waals surface area contributed by atoms with E-state index < -0.39 is 0 Å². The number of rotatable bonds is 1. The minimum absolute atomic E-state index is 0.475. The Balaban J connectivity index is 2.67. The third-order valence-corrected chi connectivity index (χ3v) is 1.08. The maximum absolute atomic E-state index is 5.03. The number of hydrogen-bond donors (Lipinski definition) is 0. The van der Waals surface area contributed by atoms with E-state index in [0.29, 0.717) is 10.6 Å². The highest BCUT2D eigenvalue weighted by molar-refractivity contribution is 7.82. The van der Waals surface area contributed by atoms with Crippen LogP contribution in [0.3, 0.4) is 0 Å². The molecule has 0 unspecified atom stereocenters. The van der Waals surface area contributed by atoms with Crippen molar-refractivity contribution in [2.24, 2.45) is 0 Å². The molecule has 0 spiro atoms. The number of ether oxygens (including phenoxy) is 1. The Morgan fingerprint density at radius 3 is 3.00 bits per heavy atom. The van der Waals surface area contributed by atoms with Crippen LogP contribution < -0.4 is 4.74 Å². The molecule has 0 aliphatic carbocycles. The van der Waals surface area contributed by atoms with Crippen LogP contribution in [0.4, 0.5) is 0 Å². The Morgan fingerprint density at radius 1 is 1.70 bits per heavy atom. The lowest BCUT2D eigenvalue weighted by Crippen LogP contribution is -2.05. The molecule has 0 saturated carbocycles. The highest BCUT2D eigenvalue weighted by atomic mass is 32.1. The Labute approximate surface area is 66.8 Å². The fraction of sp³-hybridized carbons (Fsp3) is 0. The molecule has 0 atom stereocenters. The molecule has 0 bridgehead atoms. The van der Waals surface area contributed by atoms with Crippen molar-refractivity contribution in [1.82, 2.24) is 10.2 Å². The van der Waals surface area contributed by atoms with Gasteiger partial charge in [-0.25, -0.2) is 0 Å². The Morgan fingerprint density at radius 2 is 2.50 bits per heavy atom. The van der Waals surface area contributed by atoms with Gasteiger partial charge in [-0.3, -0.25) is 0 Å². The van der Waals surface area contributed by atoms with Gasteiger partial charge in [0.15, 0.2) is 0 Å². The molecule has 0 amide bonds. The fourth-order valence-corrected chi connectivity index (χ4v) is 0.784. The zero-order valence-electron chi connectivity index (χ0n) is 5.44. The van der Waals surface area contributed by atoms with E-state index in [1.807, 2.05) is 0 Å². The molecule has 5 heteroatoms. The van der Waals surface area contributed by atoms with Crippen molar-refractivity contribution in [1.29, 1.82) is 0 Å². The summed E-state index contributed by atoms with van der Waals surface area (Å²) in [6, 6.07) is 3.47. The molecule has 3 nitrogen and oxygen atoms in total. The molecule has 0 radical (unpaired) electrons. The largest absolute Gasteiger partial charge is 0.437 e. The summed E-state index contributed by atoms with van der Waals surface area (Å²) in [6.07, 6.45) is 1.59. The van der Waals surface area contributed by atoms with E-state index in [4.69, 9.17) is 17.0 Å². The van der Waals surface area contributed by atoms with E-state index in [1.54, 1.807) is 18.3 Å². The Bertz CT molecular complexity index is 228. The Hall–Kier alpha value is -0.813. The lowest BCUT2D eigenvalue weighted by Gasteiger charge is -1.97. The molecule has 1 rings (SSSR count). The van der Waals surface area contributed by atoms with Gasteiger partial charge in [-0.1, -0.05) is 12.2 Å². The van der Waals surface area contributed by atoms with E-state index in [-0.39, 0.29) is 0 Å². The average molecular weight is 170 g/mol. The average Bonchev–Trinajstić information content (AvgIpc) is 1.88. The third kappa shape index (κ3) is 2.20. The van der Waals surface area contributed by atoms with Crippen LogP contribution in [0, 0.1) is 0 Å². The summed E-state index contributed by atoms with van der Waals surface area (Å²) in [4.78, 5) is 0. The highest BCUT2D eigenvalue weighted by Crippen LogP contribution is 2.00. The summed E-state index contributed by atoms with van der Waals surface area (Å²) >= 11 is 4.75. The van der Waals surface area contributed by atoms with Crippen molar-refractivity contribution < 1.29 is 4.74 Å². The first kappa shape index (κ1) is 7.30. The van der Waals surface area contributed by atoms with Gasteiger partial charge < -0.3 is 4.74 Å². The van der Waals surface area contributed by atoms with Crippen molar-refractivity contribution in [3.05, 3.63) is 18.3 Å². The number of hydrogen-bond acceptors (Lipinski definition) is 4. The molecule has 0 saturated heterocycles. The van der Waals surface area contributed by atoms with Gasteiger partial charge in [-0.2, -0.15) is 5.10 Å². The van der Waals surface area contributed by atoms with Crippen LogP contribution >= 0.6 is 12.2 Å². The first-order chi connectivity index (χ1) is 4.79. The van der Waals surface area contributed by atoms with Gasteiger partial charge in [0.25, 0.3) is 0 Å². The van der Waals surface area contributed by atoms with Gasteiger partial charge in [-0.15, -0.1) is 5.10 Å². The minimum atomic E-state index is 0.475. The molecule has 0 N–H and O–H groups in total. The second kappa shape index (κ2) is 3.38. The van der Waals surface area contributed by atoms with Crippen LogP contribution in [0.2, 0.25) is 0 Å². The van der Waals surface area contributed by atoms with Crippen LogP contribution in [-0.4, -0.2) is 25.1 Å². The monoisotopic (exact) mass is 170 g/mol. The molecule has 10 heavy (non-hydrogen) atoms. The molecule has 0 aliphatic heterocycles. The van der Waals surface area contributed by atoms with Crippen LogP contribution in [-0.2, 0) is 0 Å². The summed E-state index contributed by atoms with van der Waals surface area (Å²) in [5.41, 5.74) is 0. The molecule has 0 aromatic carbocycles. The SMILES string of the molecule is [SiH3]C(=S)Oc1cccnn1. The predicted molar refractivity (Wildman–Crippen MR) is 45.2 cm³/mol. The topological polar surface area (TPSA) is 35.0 Å². The summed E-state index contributed by atoms with van der Waals surface area (Å²) < 4.78 is 5.62. The van der Waals surface area contributed by atoms with E-state index in [1.165, 1.54) is 0 Å².